The first-order valence-electron chi connectivity index (χ1n) is 3.65. The molecule has 1 nitrogen and oxygen atoms in total. The monoisotopic (exact) mass is 235 g/mol. The van der Waals surface area contributed by atoms with Crippen LogP contribution in [0.15, 0.2) is 0 Å². The van der Waals surface area contributed by atoms with Crippen molar-refractivity contribution in [3.63, 3.8) is 0 Å². The van der Waals surface area contributed by atoms with Gasteiger partial charge in [0, 0.05) is 0 Å². The summed E-state index contributed by atoms with van der Waals surface area (Å²) in [5, 5.41) is 3.64. The third kappa shape index (κ3) is 6.76. The van der Waals surface area contributed by atoms with Crippen molar-refractivity contribution in [1.82, 2.24) is 0 Å². The Morgan fingerprint density at radius 1 is 1.36 bits per heavy atom. The average Bonchev–Trinajstić information content (AvgIpc) is 2.15. The maximum atomic E-state index is 12.1. The zero-order chi connectivity index (χ0) is 8.20. The number of hydrogen-bond acceptors (Lipinski definition) is 0. The van der Waals surface area contributed by atoms with Crippen LogP contribution in [0.2, 0.25) is 0 Å². The summed E-state index contributed by atoms with van der Waals surface area (Å²) in [4.78, 5) is 0. The van der Waals surface area contributed by atoms with Crippen LogP contribution in [0.1, 0.15) is 27.2 Å². The second kappa shape index (κ2) is 7.07. The summed E-state index contributed by atoms with van der Waals surface area (Å²) in [5.41, 5.74) is 0. The molecule has 1 unspecified atom stereocenters. The molecule has 1 fully saturated rings. The molecule has 0 N–H and O–H groups in total. The first-order chi connectivity index (χ1) is 4.60. The van der Waals surface area contributed by atoms with E-state index in [4.69, 9.17) is 0 Å². The van der Waals surface area contributed by atoms with Gasteiger partial charge in [-0.05, 0) is 6.42 Å². The Labute approximate surface area is 116 Å². The molecule has 0 aromatic heterocycles. The van der Waals surface area contributed by atoms with Crippen molar-refractivity contribution in [3.05, 3.63) is 5.32 Å². The number of halogens is 2. The summed E-state index contributed by atoms with van der Waals surface area (Å²) < 4.78 is 24.2. The predicted octanol–water partition coefficient (Wildman–Crippen LogP) is -0.182. The first-order valence-corrected chi connectivity index (χ1v) is 3.65. The maximum absolute atomic E-state index is 12.1. The second-order valence-electron chi connectivity index (χ2n) is 2.25. The SMILES string of the molecule is CC.CC1CC(F)(F)C[N-]1.[Rb+]. The van der Waals surface area contributed by atoms with E-state index in [9.17, 15) is 8.78 Å². The molecule has 0 spiro atoms. The molecule has 0 aromatic rings. The number of rotatable bonds is 0. The van der Waals surface area contributed by atoms with Gasteiger partial charge in [-0.1, -0.05) is 27.3 Å². The van der Waals surface area contributed by atoms with E-state index in [1.165, 1.54) is 0 Å². The fraction of sp³-hybridized carbons (Fsp3) is 1.00. The fourth-order valence-corrected chi connectivity index (χ4v) is 0.851. The number of alkyl halides is 2. The molecule has 4 heteroatoms. The van der Waals surface area contributed by atoms with Gasteiger partial charge in [0.1, 0.15) is 0 Å². The van der Waals surface area contributed by atoms with Crippen LogP contribution in [0.4, 0.5) is 8.78 Å². The summed E-state index contributed by atoms with van der Waals surface area (Å²) in [6, 6.07) is -0.134. The molecule has 1 saturated heterocycles. The van der Waals surface area contributed by atoms with Crippen molar-refractivity contribution in [3.8, 4) is 0 Å². The van der Waals surface area contributed by atoms with Crippen LogP contribution in [-0.4, -0.2) is 18.5 Å². The minimum Gasteiger partial charge on any atom is -0.655 e. The largest absolute Gasteiger partial charge is 1.00 e. The minimum atomic E-state index is -2.50. The molecule has 62 valence electrons. The van der Waals surface area contributed by atoms with Gasteiger partial charge in [0.25, 0.3) is 0 Å². The van der Waals surface area contributed by atoms with Gasteiger partial charge in [0.05, 0.1) is 0 Å². The molecule has 0 radical (unpaired) electrons. The van der Waals surface area contributed by atoms with Crippen LogP contribution in [0.25, 0.3) is 5.32 Å². The Bertz CT molecular complexity index is 98.4. The van der Waals surface area contributed by atoms with E-state index in [-0.39, 0.29) is 77.2 Å². The molecule has 1 aliphatic rings. The smallest absolute Gasteiger partial charge is 0.655 e. The summed E-state index contributed by atoms with van der Waals surface area (Å²) >= 11 is 0. The molecule has 0 amide bonds. The minimum absolute atomic E-state index is 0. The van der Waals surface area contributed by atoms with E-state index >= 15 is 0 Å². The predicted molar refractivity (Wildman–Crippen MR) is 38.6 cm³/mol. The third-order valence-corrected chi connectivity index (χ3v) is 1.23. The first kappa shape index (κ1) is 15.1. The number of hydrogen-bond donors (Lipinski definition) is 0. The Morgan fingerprint density at radius 2 is 1.82 bits per heavy atom. The van der Waals surface area contributed by atoms with Gasteiger partial charge in [0.2, 0.25) is 5.92 Å². The van der Waals surface area contributed by atoms with E-state index in [0.29, 0.717) is 0 Å². The van der Waals surface area contributed by atoms with E-state index in [1.807, 2.05) is 13.8 Å². The van der Waals surface area contributed by atoms with Crippen molar-refractivity contribution in [2.45, 2.75) is 39.2 Å². The topological polar surface area (TPSA) is 14.1 Å². The van der Waals surface area contributed by atoms with Crippen LogP contribution in [0.3, 0.4) is 0 Å². The van der Waals surface area contributed by atoms with Crippen LogP contribution in [0.5, 0.6) is 0 Å². The molecular weight excluding hydrogens is 222 g/mol. The van der Waals surface area contributed by atoms with E-state index in [2.05, 4.69) is 5.32 Å². The summed E-state index contributed by atoms with van der Waals surface area (Å²) in [7, 11) is 0. The van der Waals surface area contributed by atoms with Gasteiger partial charge in [-0.2, -0.15) is 0 Å². The maximum Gasteiger partial charge on any atom is 1.00 e. The Kier molecular flexibility index (Phi) is 9.71. The Morgan fingerprint density at radius 3 is 1.91 bits per heavy atom. The number of nitrogens with zero attached hydrogens (tertiary/aromatic N) is 1. The van der Waals surface area contributed by atoms with Gasteiger partial charge >= 0.3 is 58.2 Å². The molecule has 0 bridgehead atoms. The molecule has 1 rings (SSSR count). The summed E-state index contributed by atoms with van der Waals surface area (Å²) in [5.74, 6) is -2.50. The second-order valence-corrected chi connectivity index (χ2v) is 2.25. The van der Waals surface area contributed by atoms with Crippen LogP contribution < -0.4 is 58.2 Å². The quantitative estimate of drug-likeness (QED) is 0.553. The molecule has 1 aliphatic heterocycles. The Balaban J connectivity index is 0. The normalized spacial score (nSPS) is 26.5. The zero-order valence-electron chi connectivity index (χ0n) is 7.69. The molecule has 0 aliphatic carbocycles. The van der Waals surface area contributed by atoms with Gasteiger partial charge in [-0.25, -0.2) is 8.78 Å². The van der Waals surface area contributed by atoms with Crippen LogP contribution >= 0.6 is 0 Å². The standard InChI is InChI=1S/C5H8F2N.C2H6.Rb/c1-4-2-5(6,7)3-8-4;1-2;/h4H,2-3H2,1H3;1-2H3;/q-1;;+1. The average molecular weight is 236 g/mol. The van der Waals surface area contributed by atoms with Gasteiger partial charge in [-0.15, -0.1) is 6.04 Å². The third-order valence-electron chi connectivity index (χ3n) is 1.23. The van der Waals surface area contributed by atoms with Crippen LogP contribution in [0, 0.1) is 0 Å². The zero-order valence-corrected chi connectivity index (χ0v) is 12.6. The molecule has 0 aromatic carbocycles. The van der Waals surface area contributed by atoms with Crippen LogP contribution in [-0.2, 0) is 0 Å². The van der Waals surface area contributed by atoms with Gasteiger partial charge in [0.15, 0.2) is 0 Å². The van der Waals surface area contributed by atoms with E-state index in [0.717, 1.165) is 0 Å². The van der Waals surface area contributed by atoms with Crippen molar-refractivity contribution < 1.29 is 67.0 Å². The van der Waals surface area contributed by atoms with Crippen molar-refractivity contribution >= 4 is 0 Å². The van der Waals surface area contributed by atoms with Crippen molar-refractivity contribution in [2.24, 2.45) is 0 Å². The molecule has 11 heavy (non-hydrogen) atoms. The fourth-order valence-electron chi connectivity index (χ4n) is 0.851. The molecule has 1 atom stereocenters. The van der Waals surface area contributed by atoms with Gasteiger partial charge in [-0.3, -0.25) is 0 Å². The van der Waals surface area contributed by atoms with Gasteiger partial charge < -0.3 is 5.32 Å². The molecule has 1 heterocycles. The summed E-state index contributed by atoms with van der Waals surface area (Å²) in [6.45, 7) is 5.44. The molecule has 0 saturated carbocycles. The molecular formula is C7H14F2NRb. The summed E-state index contributed by atoms with van der Waals surface area (Å²) in [6.07, 6.45) is -0.0625. The van der Waals surface area contributed by atoms with E-state index in [1.54, 1.807) is 6.92 Å². The van der Waals surface area contributed by atoms with E-state index < -0.39 is 5.92 Å². The Hall–Kier alpha value is 1.63. The van der Waals surface area contributed by atoms with Crippen molar-refractivity contribution in [2.75, 3.05) is 6.54 Å². The van der Waals surface area contributed by atoms with Crippen molar-refractivity contribution in [1.29, 1.82) is 0 Å².